The number of furan rings is 1. The van der Waals surface area contributed by atoms with E-state index in [0.29, 0.717) is 5.22 Å². The predicted molar refractivity (Wildman–Crippen MR) is 77.8 cm³/mol. The fourth-order valence-corrected chi connectivity index (χ4v) is 3.21. The zero-order valence-corrected chi connectivity index (χ0v) is 12.4. The van der Waals surface area contributed by atoms with E-state index >= 15 is 0 Å². The van der Waals surface area contributed by atoms with Crippen molar-refractivity contribution in [3.63, 3.8) is 0 Å². The maximum Gasteiger partial charge on any atom is 0.197 e. The van der Waals surface area contributed by atoms with Crippen molar-refractivity contribution >= 4 is 34.5 Å². The predicted octanol–water partition coefficient (Wildman–Crippen LogP) is 4.93. The molecule has 2 aromatic heterocycles. The molecule has 2 heterocycles. The molecule has 5 heteroatoms. The SMILES string of the molecule is CCCNC(Cc1ccc(Cl)s1)c1ccoc1Cl. The molecule has 0 spiro atoms. The highest BCUT2D eigenvalue weighted by atomic mass is 35.5. The lowest BCUT2D eigenvalue weighted by Crippen LogP contribution is -2.23. The Hall–Kier alpha value is -0.480. The molecule has 0 aliphatic heterocycles. The third kappa shape index (κ3) is 3.51. The molecule has 0 bridgehead atoms. The van der Waals surface area contributed by atoms with Gasteiger partial charge < -0.3 is 9.73 Å². The van der Waals surface area contributed by atoms with Crippen LogP contribution in [-0.2, 0) is 6.42 Å². The first-order valence-electron chi connectivity index (χ1n) is 5.91. The van der Waals surface area contributed by atoms with Gasteiger partial charge in [-0.3, -0.25) is 0 Å². The number of hydrogen-bond acceptors (Lipinski definition) is 3. The lowest BCUT2D eigenvalue weighted by atomic mass is 10.1. The third-order valence-electron chi connectivity index (χ3n) is 2.70. The standard InChI is InChI=1S/C13H15Cl2NOS/c1-2-6-16-11(10-5-7-17-13(10)15)8-9-3-4-12(14)18-9/h3-5,7,11,16H,2,6,8H2,1H3. The Balaban J connectivity index is 2.12. The highest BCUT2D eigenvalue weighted by Gasteiger charge is 2.17. The summed E-state index contributed by atoms with van der Waals surface area (Å²) in [5.41, 5.74) is 1.01. The van der Waals surface area contributed by atoms with Crippen molar-refractivity contribution in [3.05, 3.63) is 44.5 Å². The van der Waals surface area contributed by atoms with Crippen molar-refractivity contribution in [1.82, 2.24) is 5.32 Å². The second-order valence-electron chi connectivity index (χ2n) is 4.07. The molecule has 0 aliphatic rings. The highest BCUT2D eigenvalue weighted by molar-refractivity contribution is 7.16. The molecule has 1 unspecified atom stereocenters. The number of hydrogen-bond donors (Lipinski definition) is 1. The largest absolute Gasteiger partial charge is 0.453 e. The van der Waals surface area contributed by atoms with Gasteiger partial charge in [0.2, 0.25) is 0 Å². The average molecular weight is 304 g/mol. The Bertz CT molecular complexity index is 495. The first-order chi connectivity index (χ1) is 8.70. The molecule has 2 nitrogen and oxygen atoms in total. The topological polar surface area (TPSA) is 25.2 Å². The van der Waals surface area contributed by atoms with Crippen LogP contribution in [0.15, 0.2) is 28.9 Å². The first-order valence-corrected chi connectivity index (χ1v) is 7.48. The van der Waals surface area contributed by atoms with E-state index in [1.807, 2.05) is 12.1 Å². The van der Waals surface area contributed by atoms with Crippen LogP contribution in [0.2, 0.25) is 9.56 Å². The maximum atomic E-state index is 6.06. The molecule has 0 saturated carbocycles. The number of rotatable bonds is 6. The molecule has 0 aliphatic carbocycles. The minimum absolute atomic E-state index is 0.172. The van der Waals surface area contributed by atoms with Gasteiger partial charge in [0.05, 0.1) is 10.6 Å². The summed E-state index contributed by atoms with van der Waals surface area (Å²) in [4.78, 5) is 1.24. The summed E-state index contributed by atoms with van der Waals surface area (Å²) < 4.78 is 5.99. The van der Waals surface area contributed by atoms with Gasteiger partial charge in [-0.2, -0.15) is 0 Å². The molecular weight excluding hydrogens is 289 g/mol. The maximum absolute atomic E-state index is 6.06. The summed E-state index contributed by atoms with van der Waals surface area (Å²) in [6.45, 7) is 3.09. The number of thiophene rings is 1. The molecule has 0 aromatic carbocycles. The van der Waals surface area contributed by atoms with Gasteiger partial charge in [0, 0.05) is 22.9 Å². The van der Waals surface area contributed by atoms with Crippen LogP contribution in [-0.4, -0.2) is 6.54 Å². The Labute approximate surface area is 121 Å². The van der Waals surface area contributed by atoms with Crippen LogP contribution in [0, 0.1) is 0 Å². The van der Waals surface area contributed by atoms with Crippen LogP contribution in [0.25, 0.3) is 0 Å². The lowest BCUT2D eigenvalue weighted by molar-refractivity contribution is 0.515. The van der Waals surface area contributed by atoms with Gasteiger partial charge in [0.15, 0.2) is 5.22 Å². The Morgan fingerprint density at radius 2 is 2.17 bits per heavy atom. The molecule has 2 rings (SSSR count). The fraction of sp³-hybridized carbons (Fsp3) is 0.385. The van der Waals surface area contributed by atoms with Gasteiger partial charge >= 0.3 is 0 Å². The summed E-state index contributed by atoms with van der Waals surface area (Å²) in [5, 5.41) is 3.95. The second kappa shape index (κ2) is 6.62. The molecule has 98 valence electrons. The Kier molecular flexibility index (Phi) is 5.13. The molecular formula is C13H15Cl2NOS. The quantitative estimate of drug-likeness (QED) is 0.818. The second-order valence-corrected chi connectivity index (χ2v) is 6.21. The number of nitrogens with one attached hydrogen (secondary N) is 1. The Morgan fingerprint density at radius 3 is 2.72 bits per heavy atom. The first kappa shape index (κ1) is 13.9. The van der Waals surface area contributed by atoms with Crippen LogP contribution in [0.5, 0.6) is 0 Å². The summed E-state index contributed by atoms with van der Waals surface area (Å²) in [7, 11) is 0. The van der Waals surface area contributed by atoms with E-state index in [-0.39, 0.29) is 6.04 Å². The van der Waals surface area contributed by atoms with Gasteiger partial charge in [-0.05, 0) is 42.8 Å². The minimum Gasteiger partial charge on any atom is -0.453 e. The zero-order valence-electron chi connectivity index (χ0n) is 10.1. The molecule has 1 N–H and O–H groups in total. The van der Waals surface area contributed by atoms with Gasteiger partial charge in [0.25, 0.3) is 0 Å². The molecule has 18 heavy (non-hydrogen) atoms. The molecule has 0 saturated heterocycles. The van der Waals surface area contributed by atoms with Gasteiger partial charge in [0.1, 0.15) is 0 Å². The Morgan fingerprint density at radius 1 is 1.33 bits per heavy atom. The monoisotopic (exact) mass is 303 g/mol. The van der Waals surface area contributed by atoms with E-state index in [2.05, 4.69) is 18.3 Å². The van der Waals surface area contributed by atoms with Crippen LogP contribution in [0.4, 0.5) is 0 Å². The molecule has 0 amide bonds. The highest BCUT2D eigenvalue weighted by Crippen LogP contribution is 2.30. The minimum atomic E-state index is 0.172. The van der Waals surface area contributed by atoms with Crippen LogP contribution >= 0.6 is 34.5 Å². The van der Waals surface area contributed by atoms with Gasteiger partial charge in [-0.15, -0.1) is 11.3 Å². The summed E-state index contributed by atoms with van der Waals surface area (Å²) in [6, 6.07) is 6.08. The van der Waals surface area contributed by atoms with E-state index in [4.69, 9.17) is 27.6 Å². The zero-order chi connectivity index (χ0) is 13.0. The van der Waals surface area contributed by atoms with E-state index < -0.39 is 0 Å². The fourth-order valence-electron chi connectivity index (χ4n) is 1.83. The van der Waals surface area contributed by atoms with Crippen molar-refractivity contribution in [2.45, 2.75) is 25.8 Å². The van der Waals surface area contributed by atoms with Crippen molar-refractivity contribution in [3.8, 4) is 0 Å². The molecule has 0 fully saturated rings. The lowest BCUT2D eigenvalue weighted by Gasteiger charge is -2.16. The van der Waals surface area contributed by atoms with Crippen molar-refractivity contribution in [2.75, 3.05) is 6.54 Å². The van der Waals surface area contributed by atoms with Crippen LogP contribution in [0.1, 0.15) is 29.8 Å². The van der Waals surface area contributed by atoms with E-state index in [0.717, 1.165) is 29.3 Å². The van der Waals surface area contributed by atoms with Crippen LogP contribution in [0.3, 0.4) is 0 Å². The van der Waals surface area contributed by atoms with E-state index in [9.17, 15) is 0 Å². The summed E-state index contributed by atoms with van der Waals surface area (Å²) in [5.74, 6) is 0. The number of halogens is 2. The van der Waals surface area contributed by atoms with Gasteiger partial charge in [-0.1, -0.05) is 18.5 Å². The molecule has 2 aromatic rings. The third-order valence-corrected chi connectivity index (χ3v) is 4.26. The molecule has 1 atom stereocenters. The average Bonchev–Trinajstić information content (AvgIpc) is 2.93. The van der Waals surface area contributed by atoms with E-state index in [1.54, 1.807) is 17.6 Å². The van der Waals surface area contributed by atoms with Crippen molar-refractivity contribution in [2.24, 2.45) is 0 Å². The van der Waals surface area contributed by atoms with Crippen molar-refractivity contribution in [1.29, 1.82) is 0 Å². The van der Waals surface area contributed by atoms with E-state index in [1.165, 1.54) is 4.88 Å². The van der Waals surface area contributed by atoms with Crippen molar-refractivity contribution < 1.29 is 4.42 Å². The van der Waals surface area contributed by atoms with Gasteiger partial charge in [-0.25, -0.2) is 0 Å². The van der Waals surface area contributed by atoms with Crippen LogP contribution < -0.4 is 5.32 Å². The normalized spacial score (nSPS) is 12.8. The summed E-state index contributed by atoms with van der Waals surface area (Å²) in [6.07, 6.45) is 3.58. The molecule has 0 radical (unpaired) electrons. The summed E-state index contributed by atoms with van der Waals surface area (Å²) >= 11 is 13.6. The smallest absolute Gasteiger partial charge is 0.197 e.